The number of benzene rings is 1. The van der Waals surface area contributed by atoms with E-state index in [4.69, 9.17) is 5.73 Å². The van der Waals surface area contributed by atoms with Gasteiger partial charge in [-0.15, -0.1) is 0 Å². The lowest BCUT2D eigenvalue weighted by Crippen LogP contribution is -2.47. The summed E-state index contributed by atoms with van der Waals surface area (Å²) in [5.41, 5.74) is 8.65. The molecule has 1 heterocycles. The molecule has 1 saturated carbocycles. The molecule has 0 spiro atoms. The summed E-state index contributed by atoms with van der Waals surface area (Å²) in [4.78, 5) is 2.70. The second-order valence-corrected chi connectivity index (χ2v) is 7.17. The third kappa shape index (κ3) is 2.89. The molecule has 0 radical (unpaired) electrons. The van der Waals surface area contributed by atoms with Crippen LogP contribution >= 0.6 is 15.9 Å². The number of halogens is 1. The van der Waals surface area contributed by atoms with E-state index in [1.165, 1.54) is 60.8 Å². The maximum absolute atomic E-state index is 5.80. The average molecular weight is 337 g/mol. The highest BCUT2D eigenvalue weighted by Crippen LogP contribution is 2.39. The smallest absolute Gasteiger partial charge is 0.0413 e. The van der Waals surface area contributed by atoms with Gasteiger partial charge in [0.2, 0.25) is 0 Å². The number of anilines is 1. The van der Waals surface area contributed by atoms with Gasteiger partial charge in [-0.25, -0.2) is 0 Å². The maximum atomic E-state index is 5.80. The van der Waals surface area contributed by atoms with Crippen LogP contribution < -0.4 is 10.6 Å². The molecule has 1 aliphatic carbocycles. The van der Waals surface area contributed by atoms with Gasteiger partial charge in [0.05, 0.1) is 0 Å². The Morgan fingerprint density at radius 3 is 2.80 bits per heavy atom. The Morgan fingerprint density at radius 1 is 1.15 bits per heavy atom. The van der Waals surface area contributed by atoms with Crippen LogP contribution in [0, 0.1) is 5.92 Å². The molecular formula is C17H25BrN2. The minimum absolute atomic E-state index is 0.733. The first kappa shape index (κ1) is 14.4. The molecule has 1 saturated heterocycles. The van der Waals surface area contributed by atoms with Crippen molar-refractivity contribution in [2.45, 2.75) is 51.0 Å². The number of nitrogens with two attached hydrogens (primary N) is 1. The molecule has 0 aromatic heterocycles. The van der Waals surface area contributed by atoms with Gasteiger partial charge in [-0.3, -0.25) is 0 Å². The van der Waals surface area contributed by atoms with Crippen molar-refractivity contribution in [2.75, 3.05) is 18.0 Å². The summed E-state index contributed by atoms with van der Waals surface area (Å²) in [6.07, 6.45) is 9.40. The third-order valence-corrected chi connectivity index (χ3v) is 5.51. The summed E-state index contributed by atoms with van der Waals surface area (Å²) in [6.45, 7) is 1.95. The van der Waals surface area contributed by atoms with Crippen molar-refractivity contribution in [3.63, 3.8) is 0 Å². The normalized spacial score (nSPS) is 26.4. The Balaban J connectivity index is 1.91. The molecule has 0 amide bonds. The Labute approximate surface area is 130 Å². The minimum atomic E-state index is 0.733. The number of piperidine rings is 1. The van der Waals surface area contributed by atoms with Gasteiger partial charge in [-0.2, -0.15) is 0 Å². The molecule has 1 aromatic carbocycles. The van der Waals surface area contributed by atoms with Gasteiger partial charge >= 0.3 is 0 Å². The van der Waals surface area contributed by atoms with Crippen molar-refractivity contribution in [1.29, 1.82) is 0 Å². The summed E-state index contributed by atoms with van der Waals surface area (Å²) in [6, 6.07) is 7.47. The van der Waals surface area contributed by atoms with Crippen molar-refractivity contribution in [2.24, 2.45) is 11.7 Å². The SMILES string of the molecule is NCCc1ccc(Br)cc1N1CCC[C@H]2CCCC[C@H]21. The minimum Gasteiger partial charge on any atom is -0.368 e. The highest BCUT2D eigenvalue weighted by atomic mass is 79.9. The van der Waals surface area contributed by atoms with Gasteiger partial charge in [-0.05, 0) is 62.3 Å². The molecule has 2 nitrogen and oxygen atoms in total. The number of hydrogen-bond acceptors (Lipinski definition) is 2. The van der Waals surface area contributed by atoms with E-state index < -0.39 is 0 Å². The van der Waals surface area contributed by atoms with E-state index in [0.29, 0.717) is 0 Å². The van der Waals surface area contributed by atoms with Gasteiger partial charge in [0.15, 0.2) is 0 Å². The lowest BCUT2D eigenvalue weighted by molar-refractivity contribution is 0.243. The van der Waals surface area contributed by atoms with Crippen LogP contribution in [-0.2, 0) is 6.42 Å². The van der Waals surface area contributed by atoms with Crippen molar-refractivity contribution >= 4 is 21.6 Å². The van der Waals surface area contributed by atoms with Crippen LogP contribution in [0.15, 0.2) is 22.7 Å². The molecule has 2 atom stereocenters. The second-order valence-electron chi connectivity index (χ2n) is 6.26. The molecule has 2 fully saturated rings. The molecular weight excluding hydrogens is 312 g/mol. The highest BCUT2D eigenvalue weighted by Gasteiger charge is 2.33. The summed E-state index contributed by atoms with van der Waals surface area (Å²) in [7, 11) is 0. The first-order chi connectivity index (χ1) is 9.79. The lowest BCUT2D eigenvalue weighted by Gasteiger charge is -2.46. The number of fused-ring (bicyclic) bond motifs is 1. The van der Waals surface area contributed by atoms with Gasteiger partial charge in [0.25, 0.3) is 0 Å². The van der Waals surface area contributed by atoms with Crippen LogP contribution in [0.4, 0.5) is 5.69 Å². The summed E-state index contributed by atoms with van der Waals surface area (Å²) in [5, 5.41) is 0. The summed E-state index contributed by atoms with van der Waals surface area (Å²) in [5.74, 6) is 0.919. The molecule has 110 valence electrons. The second kappa shape index (κ2) is 6.48. The van der Waals surface area contributed by atoms with E-state index in [1.807, 2.05) is 0 Å². The topological polar surface area (TPSA) is 29.3 Å². The third-order valence-electron chi connectivity index (χ3n) is 5.01. The fraction of sp³-hybridized carbons (Fsp3) is 0.647. The first-order valence-electron chi connectivity index (χ1n) is 8.04. The van der Waals surface area contributed by atoms with Crippen molar-refractivity contribution in [3.8, 4) is 0 Å². The van der Waals surface area contributed by atoms with Crippen LogP contribution in [0.25, 0.3) is 0 Å². The molecule has 3 heteroatoms. The predicted molar refractivity (Wildman–Crippen MR) is 89.2 cm³/mol. The number of rotatable bonds is 3. The zero-order valence-corrected chi connectivity index (χ0v) is 13.7. The molecule has 0 bridgehead atoms. The molecule has 20 heavy (non-hydrogen) atoms. The largest absolute Gasteiger partial charge is 0.368 e. The molecule has 0 unspecified atom stereocenters. The number of nitrogens with zero attached hydrogens (tertiary/aromatic N) is 1. The predicted octanol–water partition coefficient (Wildman–Crippen LogP) is 4.11. The van der Waals surface area contributed by atoms with Crippen molar-refractivity contribution < 1.29 is 0 Å². The Bertz CT molecular complexity index is 458. The van der Waals surface area contributed by atoms with E-state index in [1.54, 1.807) is 0 Å². The fourth-order valence-electron chi connectivity index (χ4n) is 4.10. The molecule has 1 aromatic rings. The summed E-state index contributed by atoms with van der Waals surface area (Å²) >= 11 is 3.64. The van der Waals surface area contributed by atoms with Crippen molar-refractivity contribution in [3.05, 3.63) is 28.2 Å². The lowest BCUT2D eigenvalue weighted by atomic mass is 9.78. The van der Waals surface area contributed by atoms with Crippen molar-refractivity contribution in [1.82, 2.24) is 0 Å². The quantitative estimate of drug-likeness (QED) is 0.899. The van der Waals surface area contributed by atoms with E-state index in [2.05, 4.69) is 39.0 Å². The van der Waals surface area contributed by atoms with Gasteiger partial charge in [0.1, 0.15) is 0 Å². The van der Waals surface area contributed by atoms with E-state index in [9.17, 15) is 0 Å². The first-order valence-corrected chi connectivity index (χ1v) is 8.84. The number of hydrogen-bond donors (Lipinski definition) is 1. The van der Waals surface area contributed by atoms with E-state index in [0.717, 1.165) is 24.9 Å². The maximum Gasteiger partial charge on any atom is 0.0413 e. The zero-order chi connectivity index (χ0) is 13.9. The Hall–Kier alpha value is -0.540. The van der Waals surface area contributed by atoms with Crippen LogP contribution in [0.2, 0.25) is 0 Å². The van der Waals surface area contributed by atoms with Gasteiger partial charge < -0.3 is 10.6 Å². The standard InChI is InChI=1S/C17H25BrN2/c18-15-8-7-14(9-10-19)17(12-15)20-11-3-5-13-4-1-2-6-16(13)20/h7-8,12-13,16H,1-6,9-11,19H2/t13-,16-/m1/s1. The van der Waals surface area contributed by atoms with E-state index in [-0.39, 0.29) is 0 Å². The Morgan fingerprint density at radius 2 is 1.95 bits per heavy atom. The average Bonchev–Trinajstić information content (AvgIpc) is 2.49. The zero-order valence-electron chi connectivity index (χ0n) is 12.2. The van der Waals surface area contributed by atoms with Crippen LogP contribution in [-0.4, -0.2) is 19.1 Å². The fourth-order valence-corrected chi connectivity index (χ4v) is 4.44. The van der Waals surface area contributed by atoms with E-state index >= 15 is 0 Å². The Kier molecular flexibility index (Phi) is 4.67. The molecule has 1 aliphatic heterocycles. The monoisotopic (exact) mass is 336 g/mol. The van der Waals surface area contributed by atoms with Gasteiger partial charge in [0, 0.05) is 22.7 Å². The van der Waals surface area contributed by atoms with Gasteiger partial charge in [-0.1, -0.05) is 34.8 Å². The summed E-state index contributed by atoms with van der Waals surface area (Å²) < 4.78 is 1.19. The highest BCUT2D eigenvalue weighted by molar-refractivity contribution is 9.10. The van der Waals surface area contributed by atoms with Crippen LogP contribution in [0.1, 0.15) is 44.1 Å². The molecule has 2 N–H and O–H groups in total. The van der Waals surface area contributed by atoms with Crippen LogP contribution in [0.3, 0.4) is 0 Å². The van der Waals surface area contributed by atoms with Crippen LogP contribution in [0.5, 0.6) is 0 Å². The molecule has 2 aliphatic rings. The molecule has 3 rings (SSSR count).